The largest absolute Gasteiger partial charge is 0.402 e. The molecule has 126 valence electrons. The first-order valence-corrected chi connectivity index (χ1v) is 8.93. The van der Waals surface area contributed by atoms with Crippen molar-refractivity contribution in [2.75, 3.05) is 7.05 Å². The molecule has 2 saturated carbocycles. The number of allylic oxidation sites excluding steroid dienone is 1. The zero-order valence-corrected chi connectivity index (χ0v) is 15.1. The number of rotatable bonds is 4. The molecule has 24 heavy (non-hydrogen) atoms. The van der Waals surface area contributed by atoms with E-state index in [0.29, 0.717) is 17.8 Å². The van der Waals surface area contributed by atoms with Gasteiger partial charge in [0.05, 0.1) is 0 Å². The van der Waals surface area contributed by atoms with E-state index in [1.54, 1.807) is 0 Å². The molecular weight excluding hydrogens is 292 g/mol. The van der Waals surface area contributed by atoms with E-state index in [0.717, 1.165) is 24.1 Å². The van der Waals surface area contributed by atoms with Crippen molar-refractivity contribution in [2.24, 2.45) is 33.9 Å². The summed E-state index contributed by atoms with van der Waals surface area (Å²) in [4.78, 5) is 4.56. The van der Waals surface area contributed by atoms with Gasteiger partial charge in [-0.25, -0.2) is 0 Å². The zero-order chi connectivity index (χ0) is 17.3. The van der Waals surface area contributed by atoms with E-state index >= 15 is 0 Å². The fourth-order valence-corrected chi connectivity index (χ4v) is 3.72. The third-order valence-corrected chi connectivity index (χ3v) is 5.84. The molecule has 0 heterocycles. The van der Waals surface area contributed by atoms with Crippen LogP contribution >= 0.6 is 0 Å². The Labute approximate surface area is 146 Å². The second-order valence-corrected chi connectivity index (χ2v) is 7.88. The molecule has 0 radical (unpaired) electrons. The number of aliphatic imine (C=N–C) groups is 1. The van der Waals surface area contributed by atoms with E-state index in [1.807, 2.05) is 7.05 Å². The highest BCUT2D eigenvalue weighted by molar-refractivity contribution is 6.00. The summed E-state index contributed by atoms with van der Waals surface area (Å²) in [5, 5.41) is 0. The lowest BCUT2D eigenvalue weighted by Crippen LogP contribution is -2.47. The third-order valence-electron chi connectivity index (χ3n) is 5.84. The minimum absolute atomic E-state index is 0.206. The molecule has 2 N–H and O–H groups in total. The van der Waals surface area contributed by atoms with Gasteiger partial charge in [-0.15, -0.1) is 0 Å². The molecule has 1 aromatic carbocycles. The normalized spacial score (nSPS) is 25.4. The molecule has 2 heteroatoms. The van der Waals surface area contributed by atoms with Crippen LogP contribution < -0.4 is 5.73 Å². The molecule has 0 amide bonds. The van der Waals surface area contributed by atoms with Crippen molar-refractivity contribution < 1.29 is 0 Å². The molecular formula is C22H28N2. The number of nitrogens with zero attached hydrogens (tertiary/aromatic N) is 1. The molecule has 2 atom stereocenters. The van der Waals surface area contributed by atoms with Crippen LogP contribution in [0.3, 0.4) is 0 Å². The topological polar surface area (TPSA) is 38.4 Å². The standard InChI is InChI=1S/C22H28N2/c1-15(23)20-13-19(22(20,2)3)14-21(24-4)18-11-9-17(10-12-18)8-7-16-5-6-16/h9-12,16,19-20H,1,5-6,13-14,23H2,2-4H3. The van der Waals surface area contributed by atoms with Crippen molar-refractivity contribution in [3.05, 3.63) is 47.7 Å². The average Bonchev–Trinajstić information content (AvgIpc) is 3.37. The van der Waals surface area contributed by atoms with Gasteiger partial charge >= 0.3 is 0 Å². The van der Waals surface area contributed by atoms with Crippen LogP contribution in [0, 0.1) is 35.0 Å². The second-order valence-electron chi connectivity index (χ2n) is 7.88. The van der Waals surface area contributed by atoms with Crippen LogP contribution in [0.5, 0.6) is 0 Å². The first kappa shape index (κ1) is 16.8. The Morgan fingerprint density at radius 2 is 1.96 bits per heavy atom. The number of nitrogens with two attached hydrogens (primary N) is 1. The summed E-state index contributed by atoms with van der Waals surface area (Å²) in [6.45, 7) is 8.54. The highest BCUT2D eigenvalue weighted by atomic mass is 14.7. The van der Waals surface area contributed by atoms with E-state index in [9.17, 15) is 0 Å². The summed E-state index contributed by atoms with van der Waals surface area (Å²) in [5.41, 5.74) is 10.5. The molecule has 0 bridgehead atoms. The summed E-state index contributed by atoms with van der Waals surface area (Å²) in [5.74, 6) is 8.26. The quantitative estimate of drug-likeness (QED) is 0.648. The lowest BCUT2D eigenvalue weighted by molar-refractivity contribution is 0.00895. The number of benzene rings is 1. The maximum absolute atomic E-state index is 5.94. The van der Waals surface area contributed by atoms with Gasteiger partial charge in [0.1, 0.15) is 0 Å². The van der Waals surface area contributed by atoms with Crippen LogP contribution in [0.2, 0.25) is 0 Å². The molecule has 2 aliphatic carbocycles. The lowest BCUT2D eigenvalue weighted by atomic mass is 9.52. The summed E-state index contributed by atoms with van der Waals surface area (Å²) >= 11 is 0. The van der Waals surface area contributed by atoms with Gasteiger partial charge in [0.25, 0.3) is 0 Å². The van der Waals surface area contributed by atoms with Crippen molar-refractivity contribution in [3.8, 4) is 11.8 Å². The summed E-state index contributed by atoms with van der Waals surface area (Å²) < 4.78 is 0. The number of hydrogen-bond donors (Lipinski definition) is 1. The molecule has 0 aromatic heterocycles. The van der Waals surface area contributed by atoms with Gasteiger partial charge in [-0.3, -0.25) is 4.99 Å². The third kappa shape index (κ3) is 3.41. The Morgan fingerprint density at radius 1 is 1.29 bits per heavy atom. The SMILES string of the molecule is C=C(N)C1CC(CC(=NC)c2ccc(C#CC3CC3)cc2)C1(C)C. The maximum atomic E-state index is 5.94. The van der Waals surface area contributed by atoms with E-state index in [4.69, 9.17) is 5.73 Å². The van der Waals surface area contributed by atoms with Crippen molar-refractivity contribution in [1.82, 2.24) is 0 Å². The van der Waals surface area contributed by atoms with Crippen LogP contribution in [-0.4, -0.2) is 12.8 Å². The summed E-state index contributed by atoms with van der Waals surface area (Å²) in [7, 11) is 1.89. The molecule has 0 spiro atoms. The van der Waals surface area contributed by atoms with Crippen molar-refractivity contribution in [1.29, 1.82) is 0 Å². The average molecular weight is 320 g/mol. The summed E-state index contributed by atoms with van der Waals surface area (Å²) in [6, 6.07) is 8.55. The molecule has 3 rings (SSSR count). The van der Waals surface area contributed by atoms with Gasteiger partial charge in [0, 0.05) is 35.9 Å². The van der Waals surface area contributed by atoms with Crippen molar-refractivity contribution >= 4 is 5.71 Å². The Balaban J connectivity index is 1.67. The molecule has 0 saturated heterocycles. The molecule has 2 aliphatic rings. The fourth-order valence-electron chi connectivity index (χ4n) is 3.72. The van der Waals surface area contributed by atoms with Gasteiger partial charge in [0.15, 0.2) is 0 Å². The van der Waals surface area contributed by atoms with E-state index in [2.05, 4.69) is 61.5 Å². The number of hydrogen-bond acceptors (Lipinski definition) is 2. The van der Waals surface area contributed by atoms with E-state index in [1.165, 1.54) is 24.1 Å². The Bertz CT molecular complexity index is 709. The maximum Gasteiger partial charge on any atom is 0.0420 e. The monoisotopic (exact) mass is 320 g/mol. The van der Waals surface area contributed by atoms with Crippen LogP contribution in [0.25, 0.3) is 0 Å². The van der Waals surface area contributed by atoms with Crippen LogP contribution in [-0.2, 0) is 0 Å². The lowest BCUT2D eigenvalue weighted by Gasteiger charge is -2.52. The molecule has 0 aliphatic heterocycles. The second kappa shape index (κ2) is 6.48. The van der Waals surface area contributed by atoms with E-state index < -0.39 is 0 Å². The Morgan fingerprint density at radius 3 is 2.46 bits per heavy atom. The van der Waals surface area contributed by atoms with Gasteiger partial charge in [0.2, 0.25) is 0 Å². The first-order chi connectivity index (χ1) is 11.4. The highest BCUT2D eigenvalue weighted by Crippen LogP contribution is 2.54. The minimum Gasteiger partial charge on any atom is -0.402 e. The van der Waals surface area contributed by atoms with Crippen LogP contribution in [0.1, 0.15) is 50.7 Å². The first-order valence-electron chi connectivity index (χ1n) is 8.93. The summed E-state index contributed by atoms with van der Waals surface area (Å²) in [6.07, 6.45) is 4.66. The molecule has 2 unspecified atom stereocenters. The molecule has 2 fully saturated rings. The predicted molar refractivity (Wildman–Crippen MR) is 102 cm³/mol. The van der Waals surface area contributed by atoms with Crippen molar-refractivity contribution in [3.63, 3.8) is 0 Å². The van der Waals surface area contributed by atoms with Gasteiger partial charge in [-0.2, -0.15) is 0 Å². The Kier molecular flexibility index (Phi) is 4.54. The van der Waals surface area contributed by atoms with Gasteiger partial charge in [-0.05, 0) is 54.7 Å². The van der Waals surface area contributed by atoms with Gasteiger partial charge in [-0.1, -0.05) is 44.4 Å². The van der Waals surface area contributed by atoms with E-state index in [-0.39, 0.29) is 5.41 Å². The van der Waals surface area contributed by atoms with Crippen molar-refractivity contribution in [2.45, 2.75) is 39.5 Å². The molecule has 2 nitrogen and oxygen atoms in total. The van der Waals surface area contributed by atoms with Gasteiger partial charge < -0.3 is 5.73 Å². The zero-order valence-electron chi connectivity index (χ0n) is 15.1. The van der Waals surface area contributed by atoms with Crippen LogP contribution in [0.4, 0.5) is 0 Å². The predicted octanol–water partition coefficient (Wildman–Crippen LogP) is 4.39. The Hall–Kier alpha value is -2.01. The highest BCUT2D eigenvalue weighted by Gasteiger charge is 2.48. The fraction of sp³-hybridized carbons (Fsp3) is 0.500. The smallest absolute Gasteiger partial charge is 0.0420 e. The molecule has 1 aromatic rings. The van der Waals surface area contributed by atoms with Crippen LogP contribution in [0.15, 0.2) is 41.5 Å². The minimum atomic E-state index is 0.206.